The minimum absolute atomic E-state index is 0.0611. The molecule has 1 aromatic heterocycles. The number of hydrogen-bond acceptors (Lipinski definition) is 5. The first-order valence-corrected chi connectivity index (χ1v) is 11.8. The van der Waals surface area contributed by atoms with Gasteiger partial charge < -0.3 is 20.4 Å². The SMILES string of the molecule is C=C(N=C(/C=C(\N)c1ccc(F)c(F)c1)N1CCN(c2ncccc2Cl)C[C@@H]1C)N1CCCC1. The number of aromatic nitrogens is 1. The largest absolute Gasteiger partial charge is 0.398 e. The van der Waals surface area contributed by atoms with Gasteiger partial charge in [-0.1, -0.05) is 18.2 Å². The summed E-state index contributed by atoms with van der Waals surface area (Å²) in [4.78, 5) is 15.7. The molecule has 180 valence electrons. The van der Waals surface area contributed by atoms with Gasteiger partial charge in [0.25, 0.3) is 0 Å². The van der Waals surface area contributed by atoms with Crippen LogP contribution >= 0.6 is 11.6 Å². The molecular formula is C25H29ClF2N6. The fraction of sp³-hybridized carbons (Fsp3) is 0.360. The third kappa shape index (κ3) is 5.33. The Hall–Kier alpha value is -3.13. The zero-order valence-corrected chi connectivity index (χ0v) is 20.0. The van der Waals surface area contributed by atoms with E-state index in [1.54, 1.807) is 12.3 Å². The van der Waals surface area contributed by atoms with Crippen molar-refractivity contribution in [3.8, 4) is 0 Å². The monoisotopic (exact) mass is 486 g/mol. The maximum atomic E-state index is 13.8. The third-order valence-electron chi connectivity index (χ3n) is 6.21. The fourth-order valence-corrected chi connectivity index (χ4v) is 4.60. The van der Waals surface area contributed by atoms with E-state index in [1.807, 2.05) is 12.1 Å². The second-order valence-electron chi connectivity index (χ2n) is 8.61. The van der Waals surface area contributed by atoms with Gasteiger partial charge in [0.1, 0.15) is 17.5 Å². The number of likely N-dealkylation sites (tertiary alicyclic amines) is 1. The van der Waals surface area contributed by atoms with Crippen LogP contribution in [0, 0.1) is 11.6 Å². The zero-order valence-electron chi connectivity index (χ0n) is 19.2. The summed E-state index contributed by atoms with van der Waals surface area (Å²) in [5, 5.41) is 0.613. The zero-order chi connectivity index (χ0) is 24.2. The maximum Gasteiger partial charge on any atom is 0.159 e. The Labute approximate surface area is 204 Å². The molecule has 34 heavy (non-hydrogen) atoms. The number of amidine groups is 1. The van der Waals surface area contributed by atoms with Crippen molar-refractivity contribution in [2.24, 2.45) is 10.7 Å². The lowest BCUT2D eigenvalue weighted by atomic mass is 10.1. The van der Waals surface area contributed by atoms with Crippen molar-refractivity contribution in [1.82, 2.24) is 14.8 Å². The van der Waals surface area contributed by atoms with Crippen molar-refractivity contribution < 1.29 is 8.78 Å². The molecule has 0 radical (unpaired) electrons. The average molecular weight is 487 g/mol. The molecule has 0 amide bonds. The predicted molar refractivity (Wildman–Crippen MR) is 134 cm³/mol. The highest BCUT2D eigenvalue weighted by Gasteiger charge is 2.28. The molecule has 2 aliphatic rings. The maximum absolute atomic E-state index is 13.8. The van der Waals surface area contributed by atoms with Crippen molar-refractivity contribution in [2.45, 2.75) is 25.8 Å². The van der Waals surface area contributed by atoms with Crippen LogP contribution in [0.1, 0.15) is 25.3 Å². The lowest BCUT2D eigenvalue weighted by Gasteiger charge is -2.42. The van der Waals surface area contributed by atoms with Gasteiger partial charge in [0.05, 0.1) is 5.02 Å². The summed E-state index contributed by atoms with van der Waals surface area (Å²) >= 11 is 6.36. The second-order valence-corrected chi connectivity index (χ2v) is 9.01. The summed E-state index contributed by atoms with van der Waals surface area (Å²) in [6, 6.07) is 7.33. The molecule has 9 heteroatoms. The van der Waals surface area contributed by atoms with E-state index in [0.717, 1.165) is 43.9 Å². The topological polar surface area (TPSA) is 61.0 Å². The van der Waals surface area contributed by atoms with Crippen molar-refractivity contribution in [2.75, 3.05) is 37.6 Å². The minimum Gasteiger partial charge on any atom is -0.398 e. The minimum atomic E-state index is -0.942. The molecule has 6 nitrogen and oxygen atoms in total. The smallest absolute Gasteiger partial charge is 0.159 e. The second kappa shape index (κ2) is 10.4. The van der Waals surface area contributed by atoms with Gasteiger partial charge in [0.2, 0.25) is 0 Å². The molecule has 1 aromatic carbocycles. The van der Waals surface area contributed by atoms with E-state index in [1.165, 1.54) is 6.07 Å². The Kier molecular flexibility index (Phi) is 7.36. The van der Waals surface area contributed by atoms with Gasteiger partial charge >= 0.3 is 0 Å². The van der Waals surface area contributed by atoms with Crippen molar-refractivity contribution in [1.29, 1.82) is 0 Å². The van der Waals surface area contributed by atoms with E-state index in [-0.39, 0.29) is 6.04 Å². The van der Waals surface area contributed by atoms with Crippen molar-refractivity contribution in [3.05, 3.63) is 77.2 Å². The number of nitrogens with two attached hydrogens (primary N) is 1. The standard InChI is InChI=1S/C25H29ClF2N6/c1-17-16-33(25-20(26)6-5-9-30-25)12-13-34(17)24(31-18(2)32-10-3-4-11-32)15-23(29)19-7-8-21(27)22(28)14-19/h5-9,14-15,17H,2-4,10-13,16,29H2,1H3/b23-15-,31-24?/t17-/m0/s1. The molecule has 1 atom stereocenters. The van der Waals surface area contributed by atoms with Crippen LogP contribution < -0.4 is 10.6 Å². The third-order valence-corrected chi connectivity index (χ3v) is 6.51. The molecule has 3 heterocycles. The molecule has 0 aliphatic carbocycles. The molecule has 2 aromatic rings. The summed E-state index contributed by atoms with van der Waals surface area (Å²) in [5.74, 6) is 0.212. The molecule has 0 unspecified atom stereocenters. The number of anilines is 1. The fourth-order valence-electron chi connectivity index (χ4n) is 4.36. The Morgan fingerprint density at radius 1 is 1.18 bits per heavy atom. The molecule has 2 fully saturated rings. The Morgan fingerprint density at radius 2 is 1.94 bits per heavy atom. The number of rotatable bonds is 5. The van der Waals surface area contributed by atoms with Crippen LogP contribution in [0.4, 0.5) is 14.6 Å². The molecule has 2 N–H and O–H groups in total. The number of aliphatic imine (C=N–C) groups is 1. The van der Waals surface area contributed by atoms with E-state index in [0.29, 0.717) is 47.6 Å². The summed E-state index contributed by atoms with van der Waals surface area (Å²) in [6.07, 6.45) is 5.66. The number of piperazine rings is 1. The Morgan fingerprint density at radius 3 is 2.62 bits per heavy atom. The van der Waals surface area contributed by atoms with E-state index in [4.69, 9.17) is 22.3 Å². The molecule has 2 saturated heterocycles. The number of pyridine rings is 1. The van der Waals surface area contributed by atoms with E-state index in [2.05, 4.69) is 33.2 Å². The highest BCUT2D eigenvalue weighted by Crippen LogP contribution is 2.26. The molecule has 0 saturated carbocycles. The predicted octanol–water partition coefficient (Wildman–Crippen LogP) is 4.49. The van der Waals surface area contributed by atoms with Crippen molar-refractivity contribution >= 4 is 29.0 Å². The average Bonchev–Trinajstić information content (AvgIpc) is 3.36. The summed E-state index contributed by atoms with van der Waals surface area (Å²) in [7, 11) is 0. The molecular weight excluding hydrogens is 458 g/mol. The van der Waals surface area contributed by atoms with Gasteiger partial charge in [0, 0.05) is 62.3 Å². The van der Waals surface area contributed by atoms with Gasteiger partial charge in [-0.05, 0) is 50.1 Å². The van der Waals surface area contributed by atoms with E-state index in [9.17, 15) is 8.78 Å². The number of halogens is 3. The first kappa shape index (κ1) is 24.0. The van der Waals surface area contributed by atoms with Gasteiger partial charge in [-0.2, -0.15) is 0 Å². The van der Waals surface area contributed by atoms with E-state index < -0.39 is 11.6 Å². The van der Waals surface area contributed by atoms with Crippen molar-refractivity contribution in [3.63, 3.8) is 0 Å². The summed E-state index contributed by atoms with van der Waals surface area (Å²) < 4.78 is 27.2. The Balaban J connectivity index is 1.62. The van der Waals surface area contributed by atoms with Crippen LogP contribution in [0.15, 0.2) is 60.0 Å². The first-order valence-electron chi connectivity index (χ1n) is 11.4. The van der Waals surface area contributed by atoms with Crippen LogP contribution in [-0.4, -0.2) is 59.4 Å². The van der Waals surface area contributed by atoms with Crippen LogP contribution in [-0.2, 0) is 0 Å². The highest BCUT2D eigenvalue weighted by atomic mass is 35.5. The van der Waals surface area contributed by atoms with Crippen LogP contribution in [0.3, 0.4) is 0 Å². The summed E-state index contributed by atoms with van der Waals surface area (Å²) in [6.45, 7) is 10.1. The first-order chi connectivity index (χ1) is 16.3. The molecule has 4 rings (SSSR count). The van der Waals surface area contributed by atoms with Gasteiger partial charge in [-0.15, -0.1) is 0 Å². The van der Waals surface area contributed by atoms with Gasteiger partial charge in [-0.3, -0.25) is 0 Å². The van der Waals surface area contributed by atoms with Gasteiger partial charge in [-0.25, -0.2) is 18.8 Å². The summed E-state index contributed by atoms with van der Waals surface area (Å²) in [5.41, 5.74) is 7.01. The number of nitrogens with zero attached hydrogens (tertiary/aromatic N) is 5. The van der Waals surface area contributed by atoms with Crippen LogP contribution in [0.2, 0.25) is 5.02 Å². The van der Waals surface area contributed by atoms with Crippen LogP contribution in [0.5, 0.6) is 0 Å². The normalized spacial score (nSPS) is 19.6. The number of hydrogen-bond donors (Lipinski definition) is 1. The highest BCUT2D eigenvalue weighted by molar-refractivity contribution is 6.32. The molecule has 0 spiro atoms. The molecule has 2 aliphatic heterocycles. The lowest BCUT2D eigenvalue weighted by Crippen LogP contribution is -2.54. The Bertz CT molecular complexity index is 1110. The van der Waals surface area contributed by atoms with E-state index >= 15 is 0 Å². The van der Waals surface area contributed by atoms with Crippen LogP contribution in [0.25, 0.3) is 5.70 Å². The lowest BCUT2D eigenvalue weighted by molar-refractivity contribution is 0.297. The molecule has 0 bridgehead atoms. The quantitative estimate of drug-likeness (QED) is 0.498. The number of benzene rings is 1. The van der Waals surface area contributed by atoms with Gasteiger partial charge in [0.15, 0.2) is 11.6 Å².